The molecule has 0 amide bonds. The molecule has 2 heteroatoms. The number of nitrogen functional groups attached to an aromatic ring is 1. The van der Waals surface area contributed by atoms with Gasteiger partial charge in [0.1, 0.15) is 0 Å². The third-order valence-corrected chi connectivity index (χ3v) is 4.10. The number of nitrogens with zero attached hydrogens (tertiary/aromatic N) is 1. The van der Waals surface area contributed by atoms with Crippen molar-refractivity contribution in [2.24, 2.45) is 5.92 Å². The van der Waals surface area contributed by atoms with E-state index >= 15 is 0 Å². The summed E-state index contributed by atoms with van der Waals surface area (Å²) in [5, 5.41) is 1.12. The molecule has 0 fully saturated rings. The molecule has 0 radical (unpaired) electrons. The van der Waals surface area contributed by atoms with Crippen LogP contribution in [0.4, 0.5) is 5.69 Å². The molecule has 1 aliphatic carbocycles. The van der Waals surface area contributed by atoms with Crippen LogP contribution in [-0.4, -0.2) is 4.98 Å². The summed E-state index contributed by atoms with van der Waals surface area (Å²) in [6.07, 6.45) is 6.06. The largest absolute Gasteiger partial charge is 0.398 e. The minimum Gasteiger partial charge on any atom is -0.398 e. The average molecular weight is 240 g/mol. The fourth-order valence-corrected chi connectivity index (χ4v) is 3.15. The van der Waals surface area contributed by atoms with Gasteiger partial charge in [0.25, 0.3) is 0 Å². The molecule has 0 bridgehead atoms. The maximum atomic E-state index is 6.36. The van der Waals surface area contributed by atoms with Crippen molar-refractivity contribution >= 4 is 16.6 Å². The molecule has 2 N–H and O–H groups in total. The van der Waals surface area contributed by atoms with E-state index in [0.29, 0.717) is 0 Å². The topological polar surface area (TPSA) is 38.9 Å². The maximum Gasteiger partial charge on any atom is 0.0726 e. The Morgan fingerprint density at radius 3 is 3.00 bits per heavy atom. The van der Waals surface area contributed by atoms with Gasteiger partial charge in [0.2, 0.25) is 0 Å². The standard InChI is InChI=1S/C16H20N2/c1-2-5-11-8-9-15-13(10-11)16(17)12-6-3-4-7-14(12)18-15/h3-4,6-7,11H,2,5,8-10H2,1H3,(H2,17,18). The first-order valence-electron chi connectivity index (χ1n) is 6.95. The summed E-state index contributed by atoms with van der Waals surface area (Å²) in [6, 6.07) is 8.22. The van der Waals surface area contributed by atoms with Crippen LogP contribution in [-0.2, 0) is 12.8 Å². The van der Waals surface area contributed by atoms with E-state index in [0.717, 1.165) is 35.3 Å². The summed E-state index contributed by atoms with van der Waals surface area (Å²) < 4.78 is 0. The average Bonchev–Trinajstić information content (AvgIpc) is 2.40. The van der Waals surface area contributed by atoms with Crippen molar-refractivity contribution in [2.75, 3.05) is 5.73 Å². The van der Waals surface area contributed by atoms with Gasteiger partial charge in [-0.05, 0) is 36.8 Å². The molecular weight excluding hydrogens is 220 g/mol. The van der Waals surface area contributed by atoms with Crippen molar-refractivity contribution in [2.45, 2.75) is 39.0 Å². The number of rotatable bonds is 2. The summed E-state index contributed by atoms with van der Waals surface area (Å²) in [5.74, 6) is 0.799. The Morgan fingerprint density at radius 2 is 2.17 bits per heavy atom. The van der Waals surface area contributed by atoms with Crippen LogP contribution in [0.15, 0.2) is 24.3 Å². The van der Waals surface area contributed by atoms with Crippen LogP contribution in [0.25, 0.3) is 10.9 Å². The van der Waals surface area contributed by atoms with Crippen LogP contribution in [0.3, 0.4) is 0 Å². The minimum atomic E-state index is 0.799. The SMILES string of the molecule is CCCC1CCc2nc3ccccc3c(N)c2C1. The second-order valence-corrected chi connectivity index (χ2v) is 5.37. The maximum absolute atomic E-state index is 6.36. The normalized spacial score (nSPS) is 18.8. The molecule has 1 unspecified atom stereocenters. The molecule has 1 aliphatic rings. The van der Waals surface area contributed by atoms with Crippen molar-refractivity contribution in [1.82, 2.24) is 4.98 Å². The van der Waals surface area contributed by atoms with Crippen LogP contribution in [0.5, 0.6) is 0 Å². The number of hydrogen-bond acceptors (Lipinski definition) is 2. The van der Waals surface area contributed by atoms with Gasteiger partial charge in [-0.3, -0.25) is 4.98 Å². The van der Waals surface area contributed by atoms with Gasteiger partial charge in [-0.1, -0.05) is 38.0 Å². The second-order valence-electron chi connectivity index (χ2n) is 5.37. The van der Waals surface area contributed by atoms with Crippen LogP contribution >= 0.6 is 0 Å². The molecule has 1 aromatic carbocycles. The molecule has 18 heavy (non-hydrogen) atoms. The highest BCUT2D eigenvalue weighted by atomic mass is 14.7. The lowest BCUT2D eigenvalue weighted by atomic mass is 9.82. The molecule has 3 rings (SSSR count). The number of hydrogen-bond donors (Lipinski definition) is 1. The number of para-hydroxylation sites is 1. The third-order valence-electron chi connectivity index (χ3n) is 4.10. The van der Waals surface area contributed by atoms with Crippen LogP contribution < -0.4 is 5.73 Å². The van der Waals surface area contributed by atoms with Crippen molar-refractivity contribution in [3.63, 3.8) is 0 Å². The van der Waals surface area contributed by atoms with E-state index in [1.165, 1.54) is 30.5 Å². The van der Waals surface area contributed by atoms with E-state index in [1.807, 2.05) is 12.1 Å². The highest BCUT2D eigenvalue weighted by Crippen LogP contribution is 2.34. The predicted octanol–water partition coefficient (Wildman–Crippen LogP) is 3.72. The molecule has 0 aliphatic heterocycles. The first-order valence-corrected chi connectivity index (χ1v) is 6.95. The van der Waals surface area contributed by atoms with Crippen LogP contribution in [0.1, 0.15) is 37.4 Å². The van der Waals surface area contributed by atoms with Gasteiger partial charge in [0.05, 0.1) is 5.52 Å². The highest BCUT2D eigenvalue weighted by Gasteiger charge is 2.22. The van der Waals surface area contributed by atoms with Crippen molar-refractivity contribution in [1.29, 1.82) is 0 Å². The van der Waals surface area contributed by atoms with Gasteiger partial charge < -0.3 is 5.73 Å². The minimum absolute atomic E-state index is 0.799. The summed E-state index contributed by atoms with van der Waals surface area (Å²) >= 11 is 0. The van der Waals surface area contributed by atoms with Gasteiger partial charge in [0, 0.05) is 16.8 Å². The Morgan fingerprint density at radius 1 is 1.33 bits per heavy atom. The van der Waals surface area contributed by atoms with E-state index in [-0.39, 0.29) is 0 Å². The van der Waals surface area contributed by atoms with Crippen molar-refractivity contribution in [3.8, 4) is 0 Å². The molecule has 2 nitrogen and oxygen atoms in total. The predicted molar refractivity (Wildman–Crippen MR) is 76.6 cm³/mol. The van der Waals surface area contributed by atoms with E-state index in [2.05, 4.69) is 19.1 Å². The molecule has 2 aromatic rings. The van der Waals surface area contributed by atoms with E-state index < -0.39 is 0 Å². The van der Waals surface area contributed by atoms with Crippen molar-refractivity contribution in [3.05, 3.63) is 35.5 Å². The molecular formula is C16H20N2. The molecule has 0 saturated heterocycles. The number of nitrogens with two attached hydrogens (primary N) is 1. The molecule has 0 saturated carbocycles. The fraction of sp³-hybridized carbons (Fsp3) is 0.438. The number of aromatic nitrogens is 1. The lowest BCUT2D eigenvalue weighted by Gasteiger charge is -2.25. The smallest absolute Gasteiger partial charge is 0.0726 e. The zero-order chi connectivity index (χ0) is 12.5. The zero-order valence-electron chi connectivity index (χ0n) is 10.9. The lowest BCUT2D eigenvalue weighted by Crippen LogP contribution is -2.17. The summed E-state index contributed by atoms with van der Waals surface area (Å²) in [7, 11) is 0. The number of benzene rings is 1. The number of aryl methyl sites for hydroxylation is 1. The first kappa shape index (κ1) is 11.5. The zero-order valence-corrected chi connectivity index (χ0v) is 10.9. The Hall–Kier alpha value is -1.57. The fourth-order valence-electron chi connectivity index (χ4n) is 3.15. The molecule has 1 heterocycles. The monoisotopic (exact) mass is 240 g/mol. The van der Waals surface area contributed by atoms with Gasteiger partial charge in [-0.2, -0.15) is 0 Å². The summed E-state index contributed by atoms with van der Waals surface area (Å²) in [6.45, 7) is 2.26. The third kappa shape index (κ3) is 1.86. The second kappa shape index (κ2) is 4.60. The van der Waals surface area contributed by atoms with Crippen LogP contribution in [0, 0.1) is 5.92 Å². The summed E-state index contributed by atoms with van der Waals surface area (Å²) in [5.41, 5.74) is 10.9. The molecule has 94 valence electrons. The molecule has 1 aromatic heterocycles. The Kier molecular flexibility index (Phi) is 2.94. The van der Waals surface area contributed by atoms with Gasteiger partial charge in [-0.15, -0.1) is 0 Å². The van der Waals surface area contributed by atoms with Crippen molar-refractivity contribution < 1.29 is 0 Å². The Bertz CT molecular complexity index is 575. The van der Waals surface area contributed by atoms with E-state index in [4.69, 9.17) is 10.7 Å². The van der Waals surface area contributed by atoms with E-state index in [1.54, 1.807) is 0 Å². The number of fused-ring (bicyclic) bond motifs is 2. The number of anilines is 1. The molecule has 1 atom stereocenters. The highest BCUT2D eigenvalue weighted by molar-refractivity contribution is 5.92. The van der Waals surface area contributed by atoms with Crippen LogP contribution in [0.2, 0.25) is 0 Å². The van der Waals surface area contributed by atoms with Gasteiger partial charge in [0.15, 0.2) is 0 Å². The Labute approximate surface area is 108 Å². The Balaban J connectivity index is 2.08. The van der Waals surface area contributed by atoms with E-state index in [9.17, 15) is 0 Å². The first-order chi connectivity index (χ1) is 8.79. The lowest BCUT2D eigenvalue weighted by molar-refractivity contribution is 0.420. The van der Waals surface area contributed by atoms with Gasteiger partial charge in [-0.25, -0.2) is 0 Å². The summed E-state index contributed by atoms with van der Waals surface area (Å²) in [4.78, 5) is 4.79. The molecule has 0 spiro atoms. The van der Waals surface area contributed by atoms with Gasteiger partial charge >= 0.3 is 0 Å². The quantitative estimate of drug-likeness (QED) is 0.868. The number of pyridine rings is 1.